The Morgan fingerprint density at radius 2 is 1.71 bits per heavy atom. The van der Waals surface area contributed by atoms with Crippen LogP contribution in [0.2, 0.25) is 0 Å². The van der Waals surface area contributed by atoms with Crippen molar-refractivity contribution in [3.05, 3.63) is 0 Å². The van der Waals surface area contributed by atoms with Gasteiger partial charge in [-0.05, 0) is 61.3 Å². The minimum Gasteiger partial charge on any atom is -0.459 e. The van der Waals surface area contributed by atoms with Crippen molar-refractivity contribution in [1.82, 2.24) is 10.6 Å². The molecular formula is C17H35N3O4. The molecule has 0 heterocycles. The fourth-order valence-electron chi connectivity index (χ4n) is 2.00. The molecule has 0 aliphatic heterocycles. The summed E-state index contributed by atoms with van der Waals surface area (Å²) in [6.45, 7) is 13.3. The summed E-state index contributed by atoms with van der Waals surface area (Å²) >= 11 is 0. The predicted octanol–water partition coefficient (Wildman–Crippen LogP) is 0.689. The summed E-state index contributed by atoms with van der Waals surface area (Å²) in [7, 11) is 0. The summed E-state index contributed by atoms with van der Waals surface area (Å²) in [6, 6.07) is -1.40. The minimum absolute atomic E-state index is 0.237. The molecule has 7 nitrogen and oxygen atoms in total. The van der Waals surface area contributed by atoms with E-state index in [0.717, 1.165) is 0 Å². The number of aliphatic hydroxyl groups is 1. The minimum atomic E-state index is -0.945. The monoisotopic (exact) mass is 345 g/mol. The van der Waals surface area contributed by atoms with Gasteiger partial charge in [0.15, 0.2) is 0 Å². The highest BCUT2D eigenvalue weighted by Gasteiger charge is 2.28. The molecule has 3 atom stereocenters. The van der Waals surface area contributed by atoms with E-state index in [1.165, 1.54) is 6.92 Å². The average molecular weight is 345 g/mol. The maximum atomic E-state index is 12.3. The summed E-state index contributed by atoms with van der Waals surface area (Å²) in [5.74, 6) is -0.702. The number of carbonyl (C=O) groups is 2. The zero-order valence-corrected chi connectivity index (χ0v) is 16.1. The van der Waals surface area contributed by atoms with E-state index in [-0.39, 0.29) is 11.5 Å². The first kappa shape index (κ1) is 22.8. The van der Waals surface area contributed by atoms with Gasteiger partial charge in [0.1, 0.15) is 17.7 Å². The van der Waals surface area contributed by atoms with E-state index in [1.54, 1.807) is 0 Å². The number of ether oxygens (including phenoxy) is 1. The molecule has 142 valence electrons. The van der Waals surface area contributed by atoms with Crippen LogP contribution in [0.3, 0.4) is 0 Å². The van der Waals surface area contributed by atoms with Crippen LogP contribution in [-0.2, 0) is 14.3 Å². The second-order valence-corrected chi connectivity index (χ2v) is 8.18. The van der Waals surface area contributed by atoms with Crippen LogP contribution in [0.1, 0.15) is 61.3 Å². The van der Waals surface area contributed by atoms with Crippen molar-refractivity contribution in [1.29, 1.82) is 0 Å². The largest absolute Gasteiger partial charge is 0.459 e. The van der Waals surface area contributed by atoms with E-state index in [0.29, 0.717) is 19.4 Å². The Labute approximate surface area is 145 Å². The van der Waals surface area contributed by atoms with Crippen LogP contribution in [0.5, 0.6) is 0 Å². The number of nitrogens with two attached hydrogens (primary N) is 1. The first-order chi connectivity index (χ1) is 10.7. The third kappa shape index (κ3) is 10.6. The fourth-order valence-corrected chi connectivity index (χ4v) is 2.00. The van der Waals surface area contributed by atoms with E-state index >= 15 is 0 Å². The number of rotatable bonds is 8. The molecule has 0 fully saturated rings. The number of amides is 1. The van der Waals surface area contributed by atoms with Crippen molar-refractivity contribution in [2.75, 3.05) is 6.54 Å². The molecule has 0 unspecified atom stereocenters. The van der Waals surface area contributed by atoms with Crippen molar-refractivity contribution in [3.63, 3.8) is 0 Å². The van der Waals surface area contributed by atoms with Gasteiger partial charge in [0, 0.05) is 12.1 Å². The van der Waals surface area contributed by atoms with Gasteiger partial charge in [-0.3, -0.25) is 14.9 Å². The van der Waals surface area contributed by atoms with Gasteiger partial charge < -0.3 is 20.9 Å². The molecule has 0 aromatic heterocycles. The molecule has 5 N–H and O–H groups in total. The Kier molecular flexibility index (Phi) is 8.88. The molecule has 7 heteroatoms. The number of esters is 1. The molecule has 0 saturated carbocycles. The normalized spacial score (nSPS) is 16.2. The zero-order valence-electron chi connectivity index (χ0n) is 16.1. The quantitative estimate of drug-likeness (QED) is 0.380. The molecule has 0 saturated heterocycles. The Morgan fingerprint density at radius 3 is 2.12 bits per heavy atom. The van der Waals surface area contributed by atoms with Crippen LogP contribution >= 0.6 is 0 Å². The highest BCUT2D eigenvalue weighted by atomic mass is 16.6. The molecule has 0 aliphatic rings. The van der Waals surface area contributed by atoms with Gasteiger partial charge in [-0.2, -0.15) is 0 Å². The summed E-state index contributed by atoms with van der Waals surface area (Å²) in [5, 5.41) is 15.2. The maximum absolute atomic E-state index is 12.3. The Balaban J connectivity index is 4.52. The van der Waals surface area contributed by atoms with Crippen LogP contribution in [0, 0.1) is 0 Å². The smallest absolute Gasteiger partial charge is 0.323 e. The second-order valence-electron chi connectivity index (χ2n) is 8.18. The van der Waals surface area contributed by atoms with Gasteiger partial charge in [-0.1, -0.05) is 0 Å². The first-order valence-electron chi connectivity index (χ1n) is 8.45. The average Bonchev–Trinajstić information content (AvgIpc) is 2.37. The van der Waals surface area contributed by atoms with Crippen molar-refractivity contribution in [3.8, 4) is 0 Å². The van der Waals surface area contributed by atoms with Crippen molar-refractivity contribution in [2.24, 2.45) is 5.73 Å². The standard InChI is InChI=1S/C17H35N3O4/c1-11(21)13(18)14(22)19-10-8-9-12(20-16(2,3)4)15(23)24-17(5,6)7/h11-13,20-21H,8-10,18H2,1-7H3,(H,19,22)/t11-,12+,13+/m1/s1. The van der Waals surface area contributed by atoms with Gasteiger partial charge in [0.25, 0.3) is 0 Å². The fraction of sp³-hybridized carbons (Fsp3) is 0.882. The van der Waals surface area contributed by atoms with Crippen molar-refractivity contribution in [2.45, 2.75) is 90.6 Å². The van der Waals surface area contributed by atoms with Crippen LogP contribution in [-0.4, -0.2) is 52.9 Å². The van der Waals surface area contributed by atoms with Crippen molar-refractivity contribution < 1.29 is 19.4 Å². The van der Waals surface area contributed by atoms with Crippen LogP contribution in [0.4, 0.5) is 0 Å². The first-order valence-corrected chi connectivity index (χ1v) is 8.45. The number of hydrogen-bond acceptors (Lipinski definition) is 6. The van der Waals surface area contributed by atoms with Gasteiger partial charge in [0.05, 0.1) is 6.10 Å². The molecule has 0 bridgehead atoms. The summed E-state index contributed by atoms with van der Waals surface area (Å²) < 4.78 is 5.45. The molecular weight excluding hydrogens is 310 g/mol. The highest BCUT2D eigenvalue weighted by molar-refractivity contribution is 5.82. The van der Waals surface area contributed by atoms with E-state index in [9.17, 15) is 14.7 Å². The SMILES string of the molecule is C[C@@H](O)[C@H](N)C(=O)NCCC[C@H](NC(C)(C)C)C(=O)OC(C)(C)C. The lowest BCUT2D eigenvalue weighted by atomic mass is 10.0. The molecule has 0 aromatic carbocycles. The number of hydrogen-bond donors (Lipinski definition) is 4. The van der Waals surface area contributed by atoms with E-state index in [2.05, 4.69) is 10.6 Å². The molecule has 0 rings (SSSR count). The van der Waals surface area contributed by atoms with Crippen LogP contribution < -0.4 is 16.4 Å². The van der Waals surface area contributed by atoms with E-state index in [1.807, 2.05) is 41.5 Å². The Bertz CT molecular complexity index is 411. The molecule has 24 heavy (non-hydrogen) atoms. The second kappa shape index (κ2) is 9.34. The molecule has 0 spiro atoms. The van der Waals surface area contributed by atoms with Gasteiger partial charge in [-0.25, -0.2) is 0 Å². The van der Waals surface area contributed by atoms with Gasteiger partial charge >= 0.3 is 5.97 Å². The maximum Gasteiger partial charge on any atom is 0.323 e. The van der Waals surface area contributed by atoms with E-state index < -0.39 is 29.7 Å². The Hall–Kier alpha value is -1.18. The molecule has 0 radical (unpaired) electrons. The van der Waals surface area contributed by atoms with Gasteiger partial charge in [0.2, 0.25) is 5.91 Å². The third-order valence-corrected chi connectivity index (χ3v) is 3.09. The predicted molar refractivity (Wildman–Crippen MR) is 94.4 cm³/mol. The zero-order chi connectivity index (χ0) is 19.1. The molecule has 0 aliphatic carbocycles. The number of carbonyl (C=O) groups excluding carboxylic acids is 2. The number of aliphatic hydroxyl groups excluding tert-OH is 1. The van der Waals surface area contributed by atoms with Crippen molar-refractivity contribution >= 4 is 11.9 Å². The van der Waals surface area contributed by atoms with Gasteiger partial charge in [-0.15, -0.1) is 0 Å². The lowest BCUT2D eigenvalue weighted by Gasteiger charge is -2.30. The van der Waals surface area contributed by atoms with E-state index in [4.69, 9.17) is 10.5 Å². The molecule has 0 aromatic rings. The topological polar surface area (TPSA) is 114 Å². The lowest BCUT2D eigenvalue weighted by Crippen LogP contribution is -2.50. The van der Waals surface area contributed by atoms with Crippen LogP contribution in [0.15, 0.2) is 0 Å². The third-order valence-electron chi connectivity index (χ3n) is 3.09. The molecule has 1 amide bonds. The van der Waals surface area contributed by atoms with Crippen LogP contribution in [0.25, 0.3) is 0 Å². The summed E-state index contributed by atoms with van der Waals surface area (Å²) in [4.78, 5) is 24.0. The Morgan fingerprint density at radius 1 is 1.17 bits per heavy atom. The summed E-state index contributed by atoms with van der Waals surface area (Å²) in [5.41, 5.74) is 4.77. The highest BCUT2D eigenvalue weighted by Crippen LogP contribution is 2.13. The summed E-state index contributed by atoms with van der Waals surface area (Å²) in [6.07, 6.45) is 0.212. The number of nitrogens with one attached hydrogen (secondary N) is 2. The lowest BCUT2D eigenvalue weighted by molar-refractivity contribution is -0.158.